The molecular formula is C25H26N4O2S. The van der Waals surface area contributed by atoms with Crippen LogP contribution in [0.2, 0.25) is 0 Å². The fourth-order valence-corrected chi connectivity index (χ4v) is 5.07. The Labute approximate surface area is 188 Å². The molecular weight excluding hydrogens is 420 g/mol. The van der Waals surface area contributed by atoms with E-state index in [1.54, 1.807) is 16.7 Å². The van der Waals surface area contributed by atoms with Gasteiger partial charge in [0.2, 0.25) is 15.0 Å². The van der Waals surface area contributed by atoms with Crippen LogP contribution in [0.4, 0.5) is 0 Å². The summed E-state index contributed by atoms with van der Waals surface area (Å²) in [6, 6.07) is 26.4. The number of hydrogen-bond donors (Lipinski definition) is 1. The number of sulfone groups is 1. The molecule has 164 valence electrons. The van der Waals surface area contributed by atoms with Crippen molar-refractivity contribution in [3.63, 3.8) is 0 Å². The minimum atomic E-state index is -3.72. The zero-order valence-electron chi connectivity index (χ0n) is 17.9. The van der Waals surface area contributed by atoms with Crippen LogP contribution >= 0.6 is 0 Å². The van der Waals surface area contributed by atoms with Crippen LogP contribution in [-0.4, -0.2) is 23.2 Å². The monoisotopic (exact) mass is 446 g/mol. The topological polar surface area (TPSA) is 90.9 Å². The first-order valence-electron chi connectivity index (χ1n) is 10.5. The molecule has 3 aromatic carbocycles. The highest BCUT2D eigenvalue weighted by molar-refractivity contribution is 7.90. The molecule has 0 unspecified atom stereocenters. The van der Waals surface area contributed by atoms with E-state index in [9.17, 15) is 8.42 Å². The summed E-state index contributed by atoms with van der Waals surface area (Å²) in [7, 11) is -3.72. The molecule has 6 nitrogen and oxygen atoms in total. The number of aryl methyl sites for hydroxylation is 1. The Kier molecular flexibility index (Phi) is 6.48. The van der Waals surface area contributed by atoms with Crippen LogP contribution in [-0.2, 0) is 28.6 Å². The average molecular weight is 447 g/mol. The molecule has 0 saturated carbocycles. The van der Waals surface area contributed by atoms with Gasteiger partial charge < -0.3 is 5.73 Å². The van der Waals surface area contributed by atoms with Gasteiger partial charge in [-0.3, -0.25) is 4.57 Å². The normalized spacial score (nSPS) is 12.6. The van der Waals surface area contributed by atoms with E-state index in [-0.39, 0.29) is 10.9 Å². The Morgan fingerprint density at radius 2 is 1.41 bits per heavy atom. The maximum absolute atomic E-state index is 13.3. The molecule has 4 rings (SSSR count). The third-order valence-electron chi connectivity index (χ3n) is 5.31. The van der Waals surface area contributed by atoms with E-state index in [1.165, 1.54) is 0 Å². The molecule has 0 bridgehead atoms. The van der Waals surface area contributed by atoms with Gasteiger partial charge in [0.1, 0.15) is 0 Å². The van der Waals surface area contributed by atoms with Crippen LogP contribution in [0.1, 0.15) is 34.1 Å². The molecule has 0 spiro atoms. The van der Waals surface area contributed by atoms with E-state index in [4.69, 9.17) is 5.73 Å². The summed E-state index contributed by atoms with van der Waals surface area (Å²) in [5.41, 5.74) is 10.3. The highest BCUT2D eigenvalue weighted by Crippen LogP contribution is 2.22. The van der Waals surface area contributed by atoms with Gasteiger partial charge in [-0.15, -0.1) is 10.2 Å². The van der Waals surface area contributed by atoms with Crippen LogP contribution < -0.4 is 5.73 Å². The van der Waals surface area contributed by atoms with Gasteiger partial charge in [0.15, 0.2) is 5.82 Å². The van der Waals surface area contributed by atoms with E-state index in [1.807, 2.05) is 79.7 Å². The van der Waals surface area contributed by atoms with Crippen LogP contribution in [0.5, 0.6) is 0 Å². The molecule has 0 amide bonds. The lowest BCUT2D eigenvalue weighted by Crippen LogP contribution is -2.22. The highest BCUT2D eigenvalue weighted by atomic mass is 32.2. The Morgan fingerprint density at radius 3 is 2.03 bits per heavy atom. The van der Waals surface area contributed by atoms with Gasteiger partial charge in [0.25, 0.3) is 0 Å². The van der Waals surface area contributed by atoms with E-state index < -0.39 is 15.9 Å². The Hall–Kier alpha value is -3.29. The summed E-state index contributed by atoms with van der Waals surface area (Å²) in [5, 5.41) is 8.29. The van der Waals surface area contributed by atoms with E-state index in [0.29, 0.717) is 24.4 Å². The first kappa shape index (κ1) is 21.9. The SMILES string of the molecule is Cc1ccc(Cn2c([C@@H](N)Cc3ccccc3)nnc2S(=O)(=O)Cc2ccccc2)cc1. The molecule has 0 saturated heterocycles. The average Bonchev–Trinajstić information content (AvgIpc) is 3.21. The van der Waals surface area contributed by atoms with Crippen molar-refractivity contribution in [2.75, 3.05) is 0 Å². The van der Waals surface area contributed by atoms with Gasteiger partial charge >= 0.3 is 0 Å². The summed E-state index contributed by atoms with van der Waals surface area (Å²) >= 11 is 0. The fraction of sp³-hybridized carbons (Fsp3) is 0.200. The minimum absolute atomic E-state index is 0.0551. The smallest absolute Gasteiger partial charge is 0.250 e. The predicted octanol–water partition coefficient (Wildman–Crippen LogP) is 3.85. The number of nitrogens with two attached hydrogens (primary N) is 1. The lowest BCUT2D eigenvalue weighted by molar-refractivity contribution is 0.553. The second kappa shape index (κ2) is 9.46. The van der Waals surface area contributed by atoms with E-state index in [0.717, 1.165) is 16.7 Å². The van der Waals surface area contributed by atoms with Gasteiger partial charge in [-0.05, 0) is 30.0 Å². The quantitative estimate of drug-likeness (QED) is 0.444. The zero-order valence-corrected chi connectivity index (χ0v) is 18.7. The number of aromatic nitrogens is 3. The van der Waals surface area contributed by atoms with Gasteiger partial charge in [0.05, 0.1) is 18.3 Å². The predicted molar refractivity (Wildman–Crippen MR) is 125 cm³/mol. The first-order valence-corrected chi connectivity index (χ1v) is 12.1. The zero-order chi connectivity index (χ0) is 22.6. The molecule has 7 heteroatoms. The summed E-state index contributed by atoms with van der Waals surface area (Å²) in [4.78, 5) is 0. The summed E-state index contributed by atoms with van der Waals surface area (Å²) in [6.07, 6.45) is 0.533. The minimum Gasteiger partial charge on any atom is -0.321 e. The Bertz CT molecular complexity index is 1270. The van der Waals surface area contributed by atoms with Crippen molar-refractivity contribution < 1.29 is 8.42 Å². The molecule has 0 fully saturated rings. The number of benzene rings is 3. The van der Waals surface area contributed by atoms with Crippen molar-refractivity contribution in [2.24, 2.45) is 5.73 Å². The molecule has 4 aromatic rings. The Morgan fingerprint density at radius 1 is 0.812 bits per heavy atom. The second-order valence-corrected chi connectivity index (χ2v) is 9.84. The molecule has 0 aliphatic carbocycles. The summed E-state index contributed by atoms with van der Waals surface area (Å²) in [6.45, 7) is 2.34. The lowest BCUT2D eigenvalue weighted by Gasteiger charge is -2.15. The lowest BCUT2D eigenvalue weighted by atomic mass is 10.1. The number of nitrogens with zero attached hydrogens (tertiary/aromatic N) is 3. The molecule has 0 aliphatic heterocycles. The third-order valence-corrected chi connectivity index (χ3v) is 6.89. The van der Waals surface area contributed by atoms with Crippen molar-refractivity contribution in [3.05, 3.63) is 113 Å². The fourth-order valence-electron chi connectivity index (χ4n) is 3.65. The standard InChI is InChI=1S/C25H26N4O2S/c1-19-12-14-21(15-13-19)17-29-24(23(26)16-20-8-4-2-5-9-20)27-28-25(29)32(30,31)18-22-10-6-3-7-11-22/h2-15,23H,16-18,26H2,1H3/t23-/m0/s1. The Balaban J connectivity index is 1.71. The van der Waals surface area contributed by atoms with E-state index >= 15 is 0 Å². The number of rotatable bonds is 8. The molecule has 0 aliphatic rings. The molecule has 1 aromatic heterocycles. The van der Waals surface area contributed by atoms with Crippen molar-refractivity contribution in [1.29, 1.82) is 0 Å². The largest absolute Gasteiger partial charge is 0.321 e. The molecule has 1 heterocycles. The third kappa shape index (κ3) is 5.12. The van der Waals surface area contributed by atoms with Gasteiger partial charge in [-0.25, -0.2) is 8.42 Å². The van der Waals surface area contributed by atoms with E-state index in [2.05, 4.69) is 10.2 Å². The maximum atomic E-state index is 13.3. The summed E-state index contributed by atoms with van der Waals surface area (Å²) in [5.74, 6) is 0.314. The van der Waals surface area contributed by atoms with Crippen molar-refractivity contribution in [2.45, 2.75) is 36.8 Å². The van der Waals surface area contributed by atoms with Crippen LogP contribution in [0.3, 0.4) is 0 Å². The molecule has 2 N–H and O–H groups in total. The van der Waals surface area contributed by atoms with Crippen LogP contribution in [0, 0.1) is 6.92 Å². The number of hydrogen-bond acceptors (Lipinski definition) is 5. The van der Waals surface area contributed by atoms with Crippen LogP contribution in [0.25, 0.3) is 0 Å². The highest BCUT2D eigenvalue weighted by Gasteiger charge is 2.27. The molecule has 0 radical (unpaired) electrons. The van der Waals surface area contributed by atoms with Crippen molar-refractivity contribution in [3.8, 4) is 0 Å². The second-order valence-electron chi connectivity index (χ2n) is 7.95. The molecule has 1 atom stereocenters. The first-order chi connectivity index (χ1) is 15.4. The molecule has 32 heavy (non-hydrogen) atoms. The van der Waals surface area contributed by atoms with Crippen LogP contribution in [0.15, 0.2) is 90.1 Å². The van der Waals surface area contributed by atoms with Crippen molar-refractivity contribution in [1.82, 2.24) is 14.8 Å². The van der Waals surface area contributed by atoms with Gasteiger partial charge in [0, 0.05) is 0 Å². The van der Waals surface area contributed by atoms with Gasteiger partial charge in [-0.2, -0.15) is 0 Å². The summed E-state index contributed by atoms with van der Waals surface area (Å²) < 4.78 is 28.2. The maximum Gasteiger partial charge on any atom is 0.250 e. The van der Waals surface area contributed by atoms with Crippen molar-refractivity contribution >= 4 is 9.84 Å². The van der Waals surface area contributed by atoms with Gasteiger partial charge in [-0.1, -0.05) is 90.5 Å².